The second-order valence-electron chi connectivity index (χ2n) is 4.69. The molecule has 1 heterocycles. The summed E-state index contributed by atoms with van der Waals surface area (Å²) in [4.78, 5) is 15.4. The summed E-state index contributed by atoms with van der Waals surface area (Å²) in [7, 11) is 0. The van der Waals surface area contributed by atoms with Crippen LogP contribution in [0.15, 0.2) is 12.3 Å². The Morgan fingerprint density at radius 2 is 2.25 bits per heavy atom. The molecule has 4 nitrogen and oxygen atoms in total. The van der Waals surface area contributed by atoms with E-state index in [1.807, 2.05) is 6.07 Å². The predicted molar refractivity (Wildman–Crippen MR) is 61.6 cm³/mol. The molecule has 0 atom stereocenters. The lowest BCUT2D eigenvalue weighted by Crippen LogP contribution is -2.40. The molecule has 1 aromatic heterocycles. The number of rotatable bonds is 3. The Balaban J connectivity index is 2.29. The lowest BCUT2D eigenvalue weighted by Gasteiger charge is -2.24. The number of carboxylic acids is 1. The van der Waals surface area contributed by atoms with Crippen molar-refractivity contribution in [1.82, 2.24) is 4.98 Å². The highest BCUT2D eigenvalue weighted by molar-refractivity contribution is 5.82. The number of aromatic nitrogens is 1. The molecule has 1 aliphatic carbocycles. The van der Waals surface area contributed by atoms with E-state index in [4.69, 9.17) is 5.11 Å². The van der Waals surface area contributed by atoms with Crippen LogP contribution in [-0.2, 0) is 17.6 Å². The fourth-order valence-electron chi connectivity index (χ4n) is 1.97. The first-order chi connectivity index (χ1) is 7.50. The van der Waals surface area contributed by atoms with Crippen molar-refractivity contribution < 1.29 is 9.90 Å². The summed E-state index contributed by atoms with van der Waals surface area (Å²) in [5, 5.41) is 12.2. The van der Waals surface area contributed by atoms with E-state index in [1.54, 1.807) is 20.0 Å². The standard InChI is InChI=1S/C12H16N2O2/c1-12(2,11(15)16)14-10-6-7-13-9-5-3-4-8(9)10/h6-7H,3-5H2,1-2H3,(H,13,14)(H,15,16). The minimum absolute atomic E-state index is 0.851. The van der Waals surface area contributed by atoms with Gasteiger partial charge in [-0.25, -0.2) is 4.79 Å². The number of nitrogens with one attached hydrogen (secondary N) is 1. The van der Waals surface area contributed by atoms with Crippen molar-refractivity contribution in [1.29, 1.82) is 0 Å². The van der Waals surface area contributed by atoms with Gasteiger partial charge in [0.1, 0.15) is 5.54 Å². The Hall–Kier alpha value is -1.58. The van der Waals surface area contributed by atoms with E-state index in [1.165, 1.54) is 5.56 Å². The van der Waals surface area contributed by atoms with Crippen molar-refractivity contribution in [2.45, 2.75) is 38.6 Å². The van der Waals surface area contributed by atoms with E-state index >= 15 is 0 Å². The summed E-state index contributed by atoms with van der Waals surface area (Å²) in [6, 6.07) is 1.86. The summed E-state index contributed by atoms with van der Waals surface area (Å²) in [5.74, 6) is -0.851. The number of aliphatic carboxylic acids is 1. The van der Waals surface area contributed by atoms with Gasteiger partial charge in [-0.05, 0) is 44.7 Å². The van der Waals surface area contributed by atoms with E-state index in [2.05, 4.69) is 10.3 Å². The molecule has 0 unspecified atom stereocenters. The summed E-state index contributed by atoms with van der Waals surface area (Å²) in [5.41, 5.74) is 2.25. The molecule has 86 valence electrons. The van der Waals surface area contributed by atoms with Crippen LogP contribution in [0.2, 0.25) is 0 Å². The summed E-state index contributed by atoms with van der Waals surface area (Å²) < 4.78 is 0. The van der Waals surface area contributed by atoms with E-state index in [0.29, 0.717) is 0 Å². The van der Waals surface area contributed by atoms with Crippen LogP contribution in [0, 0.1) is 0 Å². The molecule has 4 heteroatoms. The number of pyridine rings is 1. The van der Waals surface area contributed by atoms with Crippen molar-refractivity contribution >= 4 is 11.7 Å². The predicted octanol–water partition coefficient (Wildman–Crippen LogP) is 1.85. The molecule has 0 saturated carbocycles. The quantitative estimate of drug-likeness (QED) is 0.816. The first kappa shape index (κ1) is 10.9. The highest BCUT2D eigenvalue weighted by Gasteiger charge is 2.28. The average molecular weight is 220 g/mol. The lowest BCUT2D eigenvalue weighted by atomic mass is 10.0. The van der Waals surface area contributed by atoms with E-state index in [0.717, 1.165) is 30.6 Å². The van der Waals surface area contributed by atoms with E-state index in [9.17, 15) is 4.79 Å². The van der Waals surface area contributed by atoms with E-state index < -0.39 is 11.5 Å². The van der Waals surface area contributed by atoms with Gasteiger partial charge in [-0.15, -0.1) is 0 Å². The second-order valence-corrected chi connectivity index (χ2v) is 4.69. The lowest BCUT2D eigenvalue weighted by molar-refractivity contribution is -0.141. The van der Waals surface area contributed by atoms with Gasteiger partial charge in [0.05, 0.1) is 0 Å². The van der Waals surface area contributed by atoms with Gasteiger partial charge in [-0.2, -0.15) is 0 Å². The maximum atomic E-state index is 11.0. The highest BCUT2D eigenvalue weighted by Crippen LogP contribution is 2.28. The van der Waals surface area contributed by atoms with Gasteiger partial charge in [0.15, 0.2) is 0 Å². The highest BCUT2D eigenvalue weighted by atomic mass is 16.4. The van der Waals surface area contributed by atoms with Crippen molar-refractivity contribution in [3.8, 4) is 0 Å². The minimum atomic E-state index is -0.947. The first-order valence-corrected chi connectivity index (χ1v) is 5.49. The normalized spacial score (nSPS) is 14.6. The number of anilines is 1. The molecule has 1 aliphatic rings. The number of hydrogen-bond acceptors (Lipinski definition) is 3. The first-order valence-electron chi connectivity index (χ1n) is 5.49. The molecule has 0 saturated heterocycles. The van der Waals surface area contributed by atoms with Crippen molar-refractivity contribution in [2.75, 3.05) is 5.32 Å². The van der Waals surface area contributed by atoms with Gasteiger partial charge >= 0.3 is 5.97 Å². The van der Waals surface area contributed by atoms with Crippen LogP contribution < -0.4 is 5.32 Å². The van der Waals surface area contributed by atoms with Crippen molar-refractivity contribution in [3.63, 3.8) is 0 Å². The Morgan fingerprint density at radius 1 is 1.50 bits per heavy atom. The Morgan fingerprint density at radius 3 is 2.94 bits per heavy atom. The molecule has 0 bridgehead atoms. The van der Waals surface area contributed by atoms with Gasteiger partial charge < -0.3 is 10.4 Å². The number of nitrogens with zero attached hydrogens (tertiary/aromatic N) is 1. The molecule has 0 radical (unpaired) electrons. The summed E-state index contributed by atoms with van der Waals surface area (Å²) in [6.45, 7) is 3.33. The topological polar surface area (TPSA) is 62.2 Å². The molecule has 0 aliphatic heterocycles. The largest absolute Gasteiger partial charge is 0.480 e. The number of hydrogen-bond donors (Lipinski definition) is 2. The maximum absolute atomic E-state index is 11.0. The summed E-state index contributed by atoms with van der Waals surface area (Å²) in [6.07, 6.45) is 4.83. The van der Waals surface area contributed by atoms with Crippen LogP contribution in [0.3, 0.4) is 0 Å². The van der Waals surface area contributed by atoms with Gasteiger partial charge in [-0.1, -0.05) is 0 Å². The number of fused-ring (bicyclic) bond motifs is 1. The molecule has 0 fully saturated rings. The van der Waals surface area contributed by atoms with Gasteiger partial charge in [0.2, 0.25) is 0 Å². The van der Waals surface area contributed by atoms with Gasteiger partial charge in [-0.3, -0.25) is 4.98 Å². The fraction of sp³-hybridized carbons (Fsp3) is 0.500. The van der Waals surface area contributed by atoms with Crippen LogP contribution in [-0.4, -0.2) is 21.6 Å². The van der Waals surface area contributed by atoms with Crippen LogP contribution >= 0.6 is 0 Å². The van der Waals surface area contributed by atoms with Crippen LogP contribution in [0.1, 0.15) is 31.5 Å². The number of aryl methyl sites for hydroxylation is 1. The smallest absolute Gasteiger partial charge is 0.328 e. The zero-order valence-corrected chi connectivity index (χ0v) is 9.58. The van der Waals surface area contributed by atoms with Gasteiger partial charge in [0, 0.05) is 17.6 Å². The molecule has 0 aromatic carbocycles. The van der Waals surface area contributed by atoms with Crippen molar-refractivity contribution in [3.05, 3.63) is 23.5 Å². The Kier molecular flexibility index (Phi) is 2.58. The second kappa shape index (κ2) is 3.77. The molecular formula is C12H16N2O2. The van der Waals surface area contributed by atoms with E-state index in [-0.39, 0.29) is 0 Å². The molecular weight excluding hydrogens is 204 g/mol. The zero-order valence-electron chi connectivity index (χ0n) is 9.58. The Bertz CT molecular complexity index is 427. The monoisotopic (exact) mass is 220 g/mol. The third-order valence-corrected chi connectivity index (χ3v) is 2.97. The molecule has 0 amide bonds. The molecule has 2 rings (SSSR count). The van der Waals surface area contributed by atoms with Crippen LogP contribution in [0.5, 0.6) is 0 Å². The SMILES string of the molecule is CC(C)(Nc1ccnc2c1CCC2)C(=O)O. The fourth-order valence-corrected chi connectivity index (χ4v) is 1.97. The molecule has 1 aromatic rings. The number of carboxylic acid groups (broad SMARTS) is 1. The third-order valence-electron chi connectivity index (χ3n) is 2.97. The average Bonchev–Trinajstić information content (AvgIpc) is 2.65. The maximum Gasteiger partial charge on any atom is 0.328 e. The van der Waals surface area contributed by atoms with Crippen LogP contribution in [0.25, 0.3) is 0 Å². The molecule has 16 heavy (non-hydrogen) atoms. The summed E-state index contributed by atoms with van der Waals surface area (Å²) >= 11 is 0. The minimum Gasteiger partial charge on any atom is -0.480 e. The van der Waals surface area contributed by atoms with Gasteiger partial charge in [0.25, 0.3) is 0 Å². The van der Waals surface area contributed by atoms with Crippen molar-refractivity contribution in [2.24, 2.45) is 0 Å². The zero-order chi connectivity index (χ0) is 11.8. The Labute approximate surface area is 94.7 Å². The molecule has 0 spiro atoms. The molecule has 2 N–H and O–H groups in total. The number of carbonyl (C=O) groups is 1. The van der Waals surface area contributed by atoms with Crippen LogP contribution in [0.4, 0.5) is 5.69 Å². The third kappa shape index (κ3) is 1.87.